The first-order chi connectivity index (χ1) is 15.9. The minimum Gasteiger partial charge on any atom is -0.449 e. The van der Waals surface area contributed by atoms with Gasteiger partial charge in [0.05, 0.1) is 6.04 Å². The summed E-state index contributed by atoms with van der Waals surface area (Å²) in [6.45, 7) is 16.3. The van der Waals surface area contributed by atoms with Crippen molar-refractivity contribution in [2.24, 2.45) is 0 Å². The van der Waals surface area contributed by atoms with Crippen LogP contribution in [0.4, 0.5) is 4.79 Å². The van der Waals surface area contributed by atoms with Gasteiger partial charge in [-0.2, -0.15) is 0 Å². The lowest BCUT2D eigenvalue weighted by molar-refractivity contribution is 0.139. The lowest BCUT2D eigenvalue weighted by Crippen LogP contribution is -2.29. The normalized spacial score (nSPS) is 16.2. The van der Waals surface area contributed by atoms with Gasteiger partial charge in [0.2, 0.25) is 0 Å². The van der Waals surface area contributed by atoms with Crippen LogP contribution in [0.5, 0.6) is 0 Å². The van der Waals surface area contributed by atoms with Crippen molar-refractivity contribution in [1.82, 2.24) is 5.32 Å². The fraction of sp³-hybridized carbons (Fsp3) is 0.276. The molecular formula is C29H33NO2S. The van der Waals surface area contributed by atoms with Crippen LogP contribution in [0, 0.1) is 6.92 Å². The monoisotopic (exact) mass is 459 g/mol. The number of alkyl carbamates (subject to hydrolysis) is 1. The molecule has 0 saturated heterocycles. The number of fused-ring (bicyclic) bond motifs is 1. The molecule has 0 heterocycles. The molecule has 1 aliphatic rings. The molecule has 1 aliphatic carbocycles. The summed E-state index contributed by atoms with van der Waals surface area (Å²) in [5, 5.41) is 3.02. The fourth-order valence-corrected chi connectivity index (χ4v) is 5.48. The lowest BCUT2D eigenvalue weighted by Gasteiger charge is -2.21. The van der Waals surface area contributed by atoms with Gasteiger partial charge in [0.15, 0.2) is 0 Å². The van der Waals surface area contributed by atoms with Crippen molar-refractivity contribution in [2.45, 2.75) is 51.0 Å². The number of ether oxygens (including phenoxy) is 1. The molecule has 2 aromatic carbocycles. The molecule has 0 fully saturated rings. The predicted octanol–water partition coefficient (Wildman–Crippen LogP) is 8.11. The summed E-state index contributed by atoms with van der Waals surface area (Å²) in [6.07, 6.45) is 6.31. The number of carbonyl (C=O) groups excluding carboxylic acids is 1. The van der Waals surface area contributed by atoms with E-state index in [4.69, 9.17) is 4.74 Å². The van der Waals surface area contributed by atoms with Crippen molar-refractivity contribution in [3.05, 3.63) is 107 Å². The van der Waals surface area contributed by atoms with Gasteiger partial charge in [-0.1, -0.05) is 79.0 Å². The van der Waals surface area contributed by atoms with E-state index in [1.54, 1.807) is 11.8 Å². The molecule has 1 amide bonds. The third kappa shape index (κ3) is 5.51. The van der Waals surface area contributed by atoms with Crippen molar-refractivity contribution in [2.75, 3.05) is 6.61 Å². The van der Waals surface area contributed by atoms with Crippen LogP contribution < -0.4 is 5.32 Å². The number of allylic oxidation sites excluding steroid dienone is 5. The van der Waals surface area contributed by atoms with Gasteiger partial charge in [-0.3, -0.25) is 0 Å². The van der Waals surface area contributed by atoms with Crippen LogP contribution in [0.25, 0.3) is 5.57 Å². The number of hydrogen-bond acceptors (Lipinski definition) is 3. The highest BCUT2D eigenvalue weighted by Crippen LogP contribution is 2.42. The Morgan fingerprint density at radius 3 is 2.64 bits per heavy atom. The van der Waals surface area contributed by atoms with Crippen molar-refractivity contribution >= 4 is 23.4 Å². The van der Waals surface area contributed by atoms with Crippen molar-refractivity contribution in [3.8, 4) is 0 Å². The van der Waals surface area contributed by atoms with Gasteiger partial charge in [-0.25, -0.2) is 4.79 Å². The Balaban J connectivity index is 1.70. The molecule has 3 nitrogen and oxygen atoms in total. The van der Waals surface area contributed by atoms with Crippen LogP contribution in [0.2, 0.25) is 0 Å². The molecule has 3 rings (SSSR count). The van der Waals surface area contributed by atoms with Gasteiger partial charge < -0.3 is 10.1 Å². The van der Waals surface area contributed by atoms with E-state index >= 15 is 0 Å². The zero-order valence-electron chi connectivity index (χ0n) is 20.0. The number of amides is 1. The minimum atomic E-state index is -0.414. The minimum absolute atomic E-state index is 0.0148. The predicted molar refractivity (Wildman–Crippen MR) is 140 cm³/mol. The van der Waals surface area contributed by atoms with Gasteiger partial charge in [0.25, 0.3) is 0 Å². The summed E-state index contributed by atoms with van der Waals surface area (Å²) in [7, 11) is 0. The molecule has 1 unspecified atom stereocenters. The fourth-order valence-electron chi connectivity index (χ4n) is 4.30. The Labute approximate surface area is 202 Å². The van der Waals surface area contributed by atoms with E-state index in [1.807, 2.05) is 44.2 Å². The second-order valence-corrected chi connectivity index (χ2v) is 9.37. The van der Waals surface area contributed by atoms with E-state index in [0.717, 1.165) is 22.5 Å². The maximum atomic E-state index is 12.7. The molecule has 1 N–H and O–H groups in total. The molecule has 4 heteroatoms. The number of thioether (sulfide) groups is 1. The van der Waals surface area contributed by atoms with Gasteiger partial charge in [0.1, 0.15) is 6.61 Å². The van der Waals surface area contributed by atoms with E-state index in [9.17, 15) is 4.79 Å². The summed E-state index contributed by atoms with van der Waals surface area (Å²) in [6, 6.07) is 14.3. The van der Waals surface area contributed by atoms with Crippen LogP contribution in [0.1, 0.15) is 61.4 Å². The quantitative estimate of drug-likeness (QED) is 0.304. The zero-order chi connectivity index (χ0) is 24.0. The summed E-state index contributed by atoms with van der Waals surface area (Å²) >= 11 is 1.73. The lowest BCUT2D eigenvalue weighted by atomic mass is 9.97. The Bertz CT molecular complexity index is 1110. The Morgan fingerprint density at radius 2 is 1.94 bits per heavy atom. The van der Waals surface area contributed by atoms with Gasteiger partial charge in [0, 0.05) is 10.8 Å². The zero-order valence-corrected chi connectivity index (χ0v) is 20.8. The summed E-state index contributed by atoms with van der Waals surface area (Å²) < 4.78 is 5.70. The standard InChI is InChI=1S/C29H33NO2S/c1-7-13-22(8-2)33-28-19(4)14-12-17-25(28)21(6)30-29(31)32-18-27-23(9-3)20(5)24-15-10-11-16-26(24)27/h7-12,14-17,21,27H,1,3,13,18H2,2,4-6H3,(H,30,31)/b22-8+/t21-,27?/m0/s1. The van der Waals surface area contributed by atoms with E-state index in [-0.39, 0.29) is 18.6 Å². The van der Waals surface area contributed by atoms with Crippen molar-refractivity contribution < 1.29 is 9.53 Å². The number of aryl methyl sites for hydroxylation is 1. The van der Waals surface area contributed by atoms with Crippen molar-refractivity contribution in [1.29, 1.82) is 0 Å². The molecule has 0 aliphatic heterocycles. The van der Waals surface area contributed by atoms with Crippen molar-refractivity contribution in [3.63, 3.8) is 0 Å². The molecule has 0 bridgehead atoms. The molecule has 0 spiro atoms. The molecule has 0 saturated carbocycles. The first kappa shape index (κ1) is 24.7. The average Bonchev–Trinajstić information content (AvgIpc) is 3.09. The van der Waals surface area contributed by atoms with Crippen LogP contribution in [-0.4, -0.2) is 12.7 Å². The second-order valence-electron chi connectivity index (χ2n) is 8.23. The highest BCUT2D eigenvalue weighted by atomic mass is 32.2. The molecule has 0 aromatic heterocycles. The number of benzene rings is 2. The topological polar surface area (TPSA) is 38.3 Å². The van der Waals surface area contributed by atoms with Gasteiger partial charge in [-0.05, 0) is 72.4 Å². The first-order valence-electron chi connectivity index (χ1n) is 11.3. The van der Waals surface area contributed by atoms with Gasteiger partial charge in [-0.15, -0.1) is 6.58 Å². The molecule has 2 aromatic rings. The van der Waals surface area contributed by atoms with E-state index in [1.165, 1.54) is 27.2 Å². The van der Waals surface area contributed by atoms with Crippen LogP contribution in [0.3, 0.4) is 0 Å². The number of nitrogens with one attached hydrogen (secondary N) is 1. The SMILES string of the molecule is C=CC/C(=C\C)Sc1c(C)cccc1[C@H](C)NC(=O)OCC1C(C=C)=C(C)c2ccccc21. The molecular weight excluding hydrogens is 426 g/mol. The molecule has 33 heavy (non-hydrogen) atoms. The van der Waals surface area contributed by atoms with Gasteiger partial charge >= 0.3 is 6.09 Å². The summed E-state index contributed by atoms with van der Waals surface area (Å²) in [5.41, 5.74) is 6.97. The van der Waals surface area contributed by atoms with E-state index < -0.39 is 6.09 Å². The molecule has 172 valence electrons. The smallest absolute Gasteiger partial charge is 0.407 e. The third-order valence-electron chi connectivity index (χ3n) is 6.09. The van der Waals surface area contributed by atoms with Crippen LogP contribution in [-0.2, 0) is 4.74 Å². The Morgan fingerprint density at radius 1 is 1.18 bits per heavy atom. The number of rotatable bonds is 9. The Kier molecular flexibility index (Phi) is 8.40. The average molecular weight is 460 g/mol. The number of carbonyl (C=O) groups is 1. The maximum Gasteiger partial charge on any atom is 0.407 e. The molecule has 2 atom stereocenters. The third-order valence-corrected chi connectivity index (χ3v) is 7.52. The maximum absolute atomic E-state index is 12.7. The Hall–Kier alpha value is -2.98. The summed E-state index contributed by atoms with van der Waals surface area (Å²) in [5.74, 6) is 0.0148. The van der Waals surface area contributed by atoms with Crippen LogP contribution >= 0.6 is 11.8 Å². The van der Waals surface area contributed by atoms with E-state index in [2.05, 4.69) is 62.7 Å². The second kappa shape index (κ2) is 11.2. The van der Waals surface area contributed by atoms with Crippen LogP contribution in [0.15, 0.2) is 89.2 Å². The largest absolute Gasteiger partial charge is 0.449 e. The number of hydrogen-bond donors (Lipinski definition) is 1. The first-order valence-corrected chi connectivity index (χ1v) is 12.1. The summed E-state index contributed by atoms with van der Waals surface area (Å²) in [4.78, 5) is 15.1. The van der Waals surface area contributed by atoms with E-state index in [0.29, 0.717) is 0 Å². The highest BCUT2D eigenvalue weighted by molar-refractivity contribution is 8.03. The highest BCUT2D eigenvalue weighted by Gasteiger charge is 2.28. The molecule has 0 radical (unpaired) electrons.